The molecule has 0 atom stereocenters. The van der Waals surface area contributed by atoms with Crippen molar-refractivity contribution in [1.29, 1.82) is 0 Å². The van der Waals surface area contributed by atoms with Crippen LogP contribution in [0.3, 0.4) is 0 Å². The topological polar surface area (TPSA) is 84.0 Å². The first-order chi connectivity index (χ1) is 12.0. The van der Waals surface area contributed by atoms with Gasteiger partial charge in [-0.1, -0.05) is 41.9 Å². The number of rotatable bonds is 5. The van der Waals surface area contributed by atoms with Crippen molar-refractivity contribution in [2.24, 2.45) is 0 Å². The van der Waals surface area contributed by atoms with E-state index in [0.29, 0.717) is 22.1 Å². The lowest BCUT2D eigenvalue weighted by molar-refractivity contribution is 0.600. The molecule has 0 spiro atoms. The molecule has 1 aromatic heterocycles. The Kier molecular flexibility index (Phi) is 4.87. The molecule has 0 radical (unpaired) electrons. The molecule has 6 nitrogen and oxygen atoms in total. The number of hydrogen-bond acceptors (Lipinski definition) is 5. The van der Waals surface area contributed by atoms with Crippen LogP contribution in [0.25, 0.3) is 0 Å². The first kappa shape index (κ1) is 17.2. The van der Waals surface area contributed by atoms with Crippen LogP contribution in [0, 0.1) is 6.92 Å². The van der Waals surface area contributed by atoms with Gasteiger partial charge in [-0.25, -0.2) is 8.42 Å². The SMILES string of the molecule is Cc1ccccc1S(=O)(=O)Nc1ccc(Nc2ccccc2Cl)nn1. The zero-order chi connectivity index (χ0) is 17.9. The molecule has 25 heavy (non-hydrogen) atoms. The predicted molar refractivity (Wildman–Crippen MR) is 98.8 cm³/mol. The van der Waals surface area contributed by atoms with Gasteiger partial charge in [0.15, 0.2) is 11.6 Å². The molecule has 2 N–H and O–H groups in total. The summed E-state index contributed by atoms with van der Waals surface area (Å²) in [6.07, 6.45) is 0. The highest BCUT2D eigenvalue weighted by Gasteiger charge is 2.17. The molecule has 3 rings (SSSR count). The fourth-order valence-corrected chi connectivity index (χ4v) is 3.63. The Morgan fingerprint density at radius 3 is 2.20 bits per heavy atom. The van der Waals surface area contributed by atoms with Gasteiger partial charge in [-0.3, -0.25) is 4.72 Å². The molecule has 0 bridgehead atoms. The van der Waals surface area contributed by atoms with Crippen molar-refractivity contribution in [3.63, 3.8) is 0 Å². The Morgan fingerprint density at radius 2 is 1.52 bits per heavy atom. The normalized spacial score (nSPS) is 11.1. The first-order valence-electron chi connectivity index (χ1n) is 7.39. The van der Waals surface area contributed by atoms with Crippen LogP contribution in [-0.4, -0.2) is 18.6 Å². The van der Waals surface area contributed by atoms with E-state index in [0.717, 1.165) is 0 Å². The number of anilines is 3. The summed E-state index contributed by atoms with van der Waals surface area (Å²) in [5, 5.41) is 11.4. The number of halogens is 1. The quantitative estimate of drug-likeness (QED) is 0.705. The van der Waals surface area contributed by atoms with Gasteiger partial charge in [-0.15, -0.1) is 10.2 Å². The van der Waals surface area contributed by atoms with Gasteiger partial charge in [0, 0.05) is 0 Å². The summed E-state index contributed by atoms with van der Waals surface area (Å²) < 4.78 is 27.3. The molecule has 0 saturated heterocycles. The maximum atomic E-state index is 12.4. The van der Waals surface area contributed by atoms with Crippen molar-refractivity contribution in [1.82, 2.24) is 10.2 Å². The molecule has 0 aliphatic rings. The minimum atomic E-state index is -3.72. The van der Waals surface area contributed by atoms with Gasteiger partial charge in [0.25, 0.3) is 10.0 Å². The third kappa shape index (κ3) is 4.07. The average molecular weight is 375 g/mol. The fourth-order valence-electron chi connectivity index (χ4n) is 2.20. The molecule has 0 aliphatic heterocycles. The summed E-state index contributed by atoms with van der Waals surface area (Å²) >= 11 is 6.07. The minimum absolute atomic E-state index is 0.132. The second-order valence-corrected chi connectivity index (χ2v) is 7.34. The largest absolute Gasteiger partial charge is 0.338 e. The molecular weight excluding hydrogens is 360 g/mol. The molecule has 2 aromatic carbocycles. The van der Waals surface area contributed by atoms with Crippen molar-refractivity contribution < 1.29 is 8.42 Å². The summed E-state index contributed by atoms with van der Waals surface area (Å²) in [5.74, 6) is 0.583. The van der Waals surface area contributed by atoms with Crippen LogP contribution in [0.4, 0.5) is 17.3 Å². The highest BCUT2D eigenvalue weighted by atomic mass is 35.5. The minimum Gasteiger partial charge on any atom is -0.338 e. The lowest BCUT2D eigenvalue weighted by Crippen LogP contribution is -2.15. The lowest BCUT2D eigenvalue weighted by Gasteiger charge is -2.10. The van der Waals surface area contributed by atoms with E-state index in [1.807, 2.05) is 12.1 Å². The molecule has 0 fully saturated rings. The summed E-state index contributed by atoms with van der Waals surface area (Å²) in [5.41, 5.74) is 1.34. The van der Waals surface area contributed by atoms with E-state index < -0.39 is 10.0 Å². The number of benzene rings is 2. The van der Waals surface area contributed by atoms with E-state index in [1.54, 1.807) is 49.4 Å². The Bertz CT molecular complexity index is 992. The van der Waals surface area contributed by atoms with Crippen LogP contribution in [-0.2, 0) is 10.0 Å². The Balaban J connectivity index is 1.77. The molecule has 0 aliphatic carbocycles. The van der Waals surface area contributed by atoms with Crippen molar-refractivity contribution in [2.45, 2.75) is 11.8 Å². The summed E-state index contributed by atoms with van der Waals surface area (Å²) in [4.78, 5) is 0.204. The third-order valence-corrected chi connectivity index (χ3v) is 5.27. The first-order valence-corrected chi connectivity index (χ1v) is 9.25. The molecule has 1 heterocycles. The lowest BCUT2D eigenvalue weighted by atomic mass is 10.2. The number of sulfonamides is 1. The smallest absolute Gasteiger partial charge is 0.263 e. The number of nitrogens with zero attached hydrogens (tertiary/aromatic N) is 2. The summed E-state index contributed by atoms with van der Waals surface area (Å²) in [7, 11) is -3.72. The second kappa shape index (κ2) is 7.08. The van der Waals surface area contributed by atoms with Crippen LogP contribution in [0.2, 0.25) is 5.02 Å². The van der Waals surface area contributed by atoms with Crippen LogP contribution >= 0.6 is 11.6 Å². The van der Waals surface area contributed by atoms with Gasteiger partial charge in [0.2, 0.25) is 0 Å². The third-order valence-electron chi connectivity index (χ3n) is 3.42. The van der Waals surface area contributed by atoms with Gasteiger partial charge >= 0.3 is 0 Å². The van der Waals surface area contributed by atoms with E-state index in [9.17, 15) is 8.42 Å². The molecular formula is C17H15ClN4O2S. The van der Waals surface area contributed by atoms with Gasteiger partial charge in [0.05, 0.1) is 15.6 Å². The average Bonchev–Trinajstić information content (AvgIpc) is 2.58. The van der Waals surface area contributed by atoms with Crippen LogP contribution in [0.15, 0.2) is 65.6 Å². The van der Waals surface area contributed by atoms with Crippen LogP contribution in [0.5, 0.6) is 0 Å². The molecule has 128 valence electrons. The maximum Gasteiger partial charge on any atom is 0.263 e. The molecule has 8 heteroatoms. The van der Waals surface area contributed by atoms with Gasteiger partial charge in [-0.05, 0) is 42.8 Å². The van der Waals surface area contributed by atoms with Crippen molar-refractivity contribution in [2.75, 3.05) is 10.0 Å². The zero-order valence-corrected chi connectivity index (χ0v) is 14.8. The van der Waals surface area contributed by atoms with Gasteiger partial charge in [0.1, 0.15) is 0 Å². The highest BCUT2D eigenvalue weighted by Crippen LogP contribution is 2.24. The van der Waals surface area contributed by atoms with Crippen molar-refractivity contribution >= 4 is 38.9 Å². The highest BCUT2D eigenvalue weighted by molar-refractivity contribution is 7.92. The Morgan fingerprint density at radius 1 is 0.880 bits per heavy atom. The summed E-state index contributed by atoms with van der Waals surface area (Å²) in [6.45, 7) is 1.73. The molecule has 3 aromatic rings. The molecule has 0 saturated carbocycles. The number of nitrogens with one attached hydrogen (secondary N) is 2. The van der Waals surface area contributed by atoms with Gasteiger partial charge in [-0.2, -0.15) is 0 Å². The van der Waals surface area contributed by atoms with E-state index in [-0.39, 0.29) is 10.7 Å². The second-order valence-electron chi connectivity index (χ2n) is 5.28. The number of aryl methyl sites for hydroxylation is 1. The maximum absolute atomic E-state index is 12.4. The van der Waals surface area contributed by atoms with E-state index in [1.165, 1.54) is 6.07 Å². The van der Waals surface area contributed by atoms with Crippen molar-refractivity contribution in [3.05, 3.63) is 71.2 Å². The van der Waals surface area contributed by atoms with Gasteiger partial charge < -0.3 is 5.32 Å². The predicted octanol–water partition coefficient (Wildman–Crippen LogP) is 3.98. The van der Waals surface area contributed by atoms with E-state index >= 15 is 0 Å². The fraction of sp³-hybridized carbons (Fsp3) is 0.0588. The molecule has 0 amide bonds. The number of para-hydroxylation sites is 1. The Hall–Kier alpha value is -2.64. The number of aromatic nitrogens is 2. The summed E-state index contributed by atoms with van der Waals surface area (Å²) in [6, 6.07) is 17.1. The van der Waals surface area contributed by atoms with E-state index in [2.05, 4.69) is 20.2 Å². The van der Waals surface area contributed by atoms with Crippen molar-refractivity contribution in [3.8, 4) is 0 Å². The van der Waals surface area contributed by atoms with E-state index in [4.69, 9.17) is 11.6 Å². The monoisotopic (exact) mass is 374 g/mol. The Labute approximate surface area is 150 Å². The zero-order valence-electron chi connectivity index (χ0n) is 13.3. The van der Waals surface area contributed by atoms with Crippen LogP contribution < -0.4 is 10.0 Å². The molecule has 0 unspecified atom stereocenters. The number of hydrogen-bond donors (Lipinski definition) is 2. The van der Waals surface area contributed by atoms with Crippen LogP contribution in [0.1, 0.15) is 5.56 Å². The standard InChI is InChI=1S/C17H15ClN4O2S/c1-12-6-2-5-9-15(12)25(23,24)22-17-11-10-16(20-21-17)19-14-8-4-3-7-13(14)18/h2-11H,1H3,(H,19,20)(H,21,22).